The van der Waals surface area contributed by atoms with Crippen LogP contribution in [0.1, 0.15) is 49.9 Å². The van der Waals surface area contributed by atoms with Gasteiger partial charge in [-0.25, -0.2) is 4.79 Å². The molecule has 2 aliphatic rings. The van der Waals surface area contributed by atoms with E-state index in [2.05, 4.69) is 12.2 Å². The molecule has 1 aliphatic heterocycles. The predicted octanol–water partition coefficient (Wildman–Crippen LogP) is 2.71. The third-order valence-corrected chi connectivity index (χ3v) is 5.16. The van der Waals surface area contributed by atoms with Crippen LogP contribution in [0.2, 0.25) is 0 Å². The van der Waals surface area contributed by atoms with Gasteiger partial charge >= 0.3 is 5.97 Å². The third-order valence-electron chi connectivity index (χ3n) is 5.16. The number of rotatable bonds is 5. The van der Waals surface area contributed by atoms with Crippen LogP contribution >= 0.6 is 0 Å². The molecule has 1 fully saturated rings. The van der Waals surface area contributed by atoms with Gasteiger partial charge < -0.3 is 24.3 Å². The van der Waals surface area contributed by atoms with Gasteiger partial charge in [-0.15, -0.1) is 0 Å². The van der Waals surface area contributed by atoms with Crippen molar-refractivity contribution in [2.75, 3.05) is 20.3 Å². The molecule has 0 saturated heterocycles. The van der Waals surface area contributed by atoms with Crippen molar-refractivity contribution < 1.29 is 28.5 Å². The van der Waals surface area contributed by atoms with E-state index in [0.29, 0.717) is 36.4 Å². The first kappa shape index (κ1) is 19.3. The molecule has 3 rings (SSSR count). The first-order chi connectivity index (χ1) is 13.0. The summed E-state index contributed by atoms with van der Waals surface area (Å²) in [5, 5.41) is 3.01. The minimum Gasteiger partial charge on any atom is -0.493 e. The van der Waals surface area contributed by atoms with Crippen LogP contribution in [0.15, 0.2) is 12.1 Å². The third kappa shape index (κ3) is 4.46. The summed E-state index contributed by atoms with van der Waals surface area (Å²) in [5.41, 5.74) is 0.252. The van der Waals surface area contributed by atoms with Crippen LogP contribution in [0.4, 0.5) is 0 Å². The lowest BCUT2D eigenvalue weighted by atomic mass is 9.86. The molecule has 148 valence electrons. The lowest BCUT2D eigenvalue weighted by Crippen LogP contribution is -2.46. The van der Waals surface area contributed by atoms with E-state index in [4.69, 9.17) is 18.9 Å². The number of hydrogen-bond acceptors (Lipinski definition) is 6. The monoisotopic (exact) mass is 377 g/mol. The number of carbonyl (C=O) groups excluding carboxylic acids is 2. The summed E-state index contributed by atoms with van der Waals surface area (Å²) < 4.78 is 21.7. The van der Waals surface area contributed by atoms with Crippen LogP contribution in [0, 0.1) is 5.92 Å². The molecule has 7 heteroatoms. The molecule has 1 aromatic carbocycles. The number of carbonyl (C=O) groups is 2. The largest absolute Gasteiger partial charge is 0.493 e. The molecule has 0 bridgehead atoms. The second kappa shape index (κ2) is 8.50. The zero-order valence-corrected chi connectivity index (χ0v) is 16.1. The van der Waals surface area contributed by atoms with E-state index < -0.39 is 12.1 Å². The van der Waals surface area contributed by atoms with Gasteiger partial charge in [-0.3, -0.25) is 4.79 Å². The number of fused-ring (bicyclic) bond motifs is 1. The molecule has 0 spiro atoms. The van der Waals surface area contributed by atoms with Crippen LogP contribution in [0.3, 0.4) is 0 Å². The van der Waals surface area contributed by atoms with Crippen LogP contribution < -0.4 is 19.5 Å². The van der Waals surface area contributed by atoms with Crippen molar-refractivity contribution in [2.45, 2.75) is 51.7 Å². The molecule has 0 radical (unpaired) electrons. The van der Waals surface area contributed by atoms with Crippen molar-refractivity contribution in [3.05, 3.63) is 17.7 Å². The van der Waals surface area contributed by atoms with Gasteiger partial charge in [0, 0.05) is 6.04 Å². The molecule has 27 heavy (non-hydrogen) atoms. The van der Waals surface area contributed by atoms with E-state index in [9.17, 15) is 9.59 Å². The van der Waals surface area contributed by atoms with Crippen LogP contribution in [0.5, 0.6) is 17.2 Å². The molecular formula is C20H27NO6. The minimum absolute atomic E-state index is 0.141. The molecule has 1 N–H and O–H groups in total. The molecule has 1 heterocycles. The van der Waals surface area contributed by atoms with Gasteiger partial charge in [0.25, 0.3) is 5.91 Å². The Hall–Kier alpha value is -2.44. The maximum absolute atomic E-state index is 12.5. The first-order valence-corrected chi connectivity index (χ1v) is 9.48. The number of methoxy groups -OCH3 is 1. The van der Waals surface area contributed by atoms with Gasteiger partial charge in [0.05, 0.1) is 12.7 Å². The average Bonchev–Trinajstić information content (AvgIpc) is 2.68. The maximum Gasteiger partial charge on any atom is 0.339 e. The minimum atomic E-state index is -0.883. The van der Waals surface area contributed by atoms with Gasteiger partial charge in [-0.05, 0) is 37.8 Å². The average molecular weight is 377 g/mol. The molecule has 0 unspecified atom stereocenters. The van der Waals surface area contributed by atoms with Gasteiger partial charge in [0.1, 0.15) is 13.2 Å². The summed E-state index contributed by atoms with van der Waals surface area (Å²) in [6.07, 6.45) is 3.50. The van der Waals surface area contributed by atoms with E-state index in [1.807, 2.05) is 0 Å². The van der Waals surface area contributed by atoms with Crippen molar-refractivity contribution in [3.63, 3.8) is 0 Å². The van der Waals surface area contributed by atoms with Crippen LogP contribution in [-0.2, 0) is 9.53 Å². The summed E-state index contributed by atoms with van der Waals surface area (Å²) in [5.74, 6) is 0.856. The Morgan fingerprint density at radius 3 is 2.67 bits per heavy atom. The Morgan fingerprint density at radius 2 is 1.93 bits per heavy atom. The Labute approximate surface area is 159 Å². The molecule has 3 atom stereocenters. The first-order valence-electron chi connectivity index (χ1n) is 9.48. The quantitative estimate of drug-likeness (QED) is 0.795. The van der Waals surface area contributed by atoms with Gasteiger partial charge in [0.2, 0.25) is 5.75 Å². The topological polar surface area (TPSA) is 83.1 Å². The molecule has 1 aliphatic carbocycles. The van der Waals surface area contributed by atoms with Gasteiger partial charge in [0.15, 0.2) is 17.6 Å². The smallest absolute Gasteiger partial charge is 0.339 e. The van der Waals surface area contributed by atoms with Crippen molar-refractivity contribution in [3.8, 4) is 17.2 Å². The van der Waals surface area contributed by atoms with E-state index in [0.717, 1.165) is 19.3 Å². The normalized spacial score (nSPS) is 22.5. The van der Waals surface area contributed by atoms with E-state index in [1.54, 1.807) is 13.0 Å². The standard InChI is InChI=1S/C20H27NO6/c1-12-6-4-5-7-15(12)21-19(22)13(2)27-20(23)14-10-16(24-3)18-17(11-14)25-8-9-26-18/h10-13,15H,4-9H2,1-3H3,(H,21,22)/t12-,13-,15+/m1/s1. The van der Waals surface area contributed by atoms with E-state index >= 15 is 0 Å². The fraction of sp³-hybridized carbons (Fsp3) is 0.600. The zero-order chi connectivity index (χ0) is 19.4. The second-order valence-electron chi connectivity index (χ2n) is 7.13. The molecule has 1 aromatic rings. The highest BCUT2D eigenvalue weighted by Crippen LogP contribution is 2.40. The SMILES string of the molecule is COc1cc(C(=O)O[C@H](C)C(=O)N[C@H]2CCCC[C@H]2C)cc2c1OCCO2. The van der Waals surface area contributed by atoms with Crippen molar-refractivity contribution in [1.29, 1.82) is 0 Å². The molecule has 7 nitrogen and oxygen atoms in total. The summed E-state index contributed by atoms with van der Waals surface area (Å²) in [6, 6.07) is 3.22. The number of amides is 1. The Kier molecular flexibility index (Phi) is 6.08. The van der Waals surface area contributed by atoms with Gasteiger partial charge in [-0.2, -0.15) is 0 Å². The number of ether oxygens (including phenoxy) is 4. The highest BCUT2D eigenvalue weighted by atomic mass is 16.6. The fourth-order valence-electron chi connectivity index (χ4n) is 3.50. The Balaban J connectivity index is 1.64. The Morgan fingerprint density at radius 1 is 1.19 bits per heavy atom. The maximum atomic E-state index is 12.5. The van der Waals surface area contributed by atoms with Gasteiger partial charge in [-0.1, -0.05) is 19.8 Å². The number of hydrogen-bond donors (Lipinski definition) is 1. The van der Waals surface area contributed by atoms with E-state index in [1.165, 1.54) is 19.6 Å². The molecule has 0 aromatic heterocycles. The molecule has 1 amide bonds. The number of benzene rings is 1. The second-order valence-corrected chi connectivity index (χ2v) is 7.13. The highest BCUT2D eigenvalue weighted by molar-refractivity contribution is 5.93. The lowest BCUT2D eigenvalue weighted by molar-refractivity contribution is -0.130. The predicted molar refractivity (Wildman–Crippen MR) is 98.4 cm³/mol. The zero-order valence-electron chi connectivity index (χ0n) is 16.1. The number of esters is 1. The van der Waals surface area contributed by atoms with Crippen molar-refractivity contribution in [1.82, 2.24) is 5.32 Å². The Bertz CT molecular complexity index is 687. The summed E-state index contributed by atoms with van der Waals surface area (Å²) in [7, 11) is 1.49. The van der Waals surface area contributed by atoms with E-state index in [-0.39, 0.29) is 17.5 Å². The molecule has 1 saturated carbocycles. The van der Waals surface area contributed by atoms with Crippen LogP contribution in [-0.4, -0.2) is 44.3 Å². The highest BCUT2D eigenvalue weighted by Gasteiger charge is 2.27. The molecular weight excluding hydrogens is 350 g/mol. The lowest BCUT2D eigenvalue weighted by Gasteiger charge is -2.30. The summed E-state index contributed by atoms with van der Waals surface area (Å²) >= 11 is 0. The van der Waals surface area contributed by atoms with Crippen molar-refractivity contribution >= 4 is 11.9 Å². The summed E-state index contributed by atoms with van der Waals surface area (Å²) in [6.45, 7) is 4.54. The van der Waals surface area contributed by atoms with Crippen molar-refractivity contribution in [2.24, 2.45) is 5.92 Å². The number of nitrogens with one attached hydrogen (secondary N) is 1. The fourth-order valence-corrected chi connectivity index (χ4v) is 3.50. The summed E-state index contributed by atoms with van der Waals surface area (Å²) in [4.78, 5) is 24.9. The van der Waals surface area contributed by atoms with Crippen LogP contribution in [0.25, 0.3) is 0 Å².